The number of benzene rings is 1. The summed E-state index contributed by atoms with van der Waals surface area (Å²) in [5.41, 5.74) is 4.58. The minimum absolute atomic E-state index is 0.00967. The summed E-state index contributed by atoms with van der Waals surface area (Å²) in [6.45, 7) is 1.55. The average Bonchev–Trinajstić information content (AvgIpc) is 3.31. The van der Waals surface area contributed by atoms with E-state index in [0.717, 1.165) is 47.5 Å². The van der Waals surface area contributed by atoms with Crippen LogP contribution in [-0.4, -0.2) is 41.5 Å². The lowest BCUT2D eigenvalue weighted by Gasteiger charge is -2.27. The number of fused-ring (bicyclic) bond motifs is 1. The molecule has 34 heavy (non-hydrogen) atoms. The first-order valence-electron chi connectivity index (χ1n) is 10.2. The molecule has 1 amide bonds. The van der Waals surface area contributed by atoms with Gasteiger partial charge in [-0.05, 0) is 59.3 Å². The molecule has 0 atom stereocenters. The minimum atomic E-state index is -4.78. The third-order valence-corrected chi connectivity index (χ3v) is 6.80. The Morgan fingerprint density at radius 1 is 1.32 bits per heavy atom. The molecule has 0 saturated heterocycles. The van der Waals surface area contributed by atoms with Crippen LogP contribution in [0.5, 0.6) is 5.75 Å². The first kappa shape index (κ1) is 24.1. The van der Waals surface area contributed by atoms with Gasteiger partial charge in [0.25, 0.3) is 0 Å². The number of nitriles is 1. The van der Waals surface area contributed by atoms with E-state index in [9.17, 15) is 23.2 Å². The van der Waals surface area contributed by atoms with Gasteiger partial charge in [0.2, 0.25) is 5.91 Å². The quantitative estimate of drug-likeness (QED) is 0.459. The molecule has 0 aliphatic carbocycles. The minimum Gasteiger partial charge on any atom is -0.406 e. The number of likely N-dealkylation sites (N-methyl/N-ethyl adjacent to an activating group) is 1. The van der Waals surface area contributed by atoms with Crippen molar-refractivity contribution >= 4 is 34.7 Å². The fourth-order valence-electron chi connectivity index (χ4n) is 3.68. The predicted octanol–water partition coefficient (Wildman–Crippen LogP) is 5.30. The molecule has 1 aliphatic rings. The highest BCUT2D eigenvalue weighted by atomic mass is 32.2. The lowest BCUT2D eigenvalue weighted by atomic mass is 9.93. The molecule has 1 aliphatic heterocycles. The molecule has 0 spiro atoms. The standard InChI is InChI=1S/C23H19F3N4O2S2/c1-30-8-6-19-18(11-30)21(14-7-9-33-12-14)17(10-27)22(29-19)34-13-20(31)28-15-2-4-16(5-3-15)32-23(24,25)26/h2-5,7,9,12H,6,8,11,13H2,1H3,(H,28,31). The lowest BCUT2D eigenvalue weighted by Crippen LogP contribution is -2.28. The predicted molar refractivity (Wildman–Crippen MR) is 125 cm³/mol. The number of pyridine rings is 1. The van der Waals surface area contributed by atoms with Crippen LogP contribution in [0, 0.1) is 11.3 Å². The van der Waals surface area contributed by atoms with Crippen LogP contribution in [0.1, 0.15) is 16.8 Å². The molecule has 0 saturated carbocycles. The fourth-order valence-corrected chi connectivity index (χ4v) is 5.13. The van der Waals surface area contributed by atoms with Crippen molar-refractivity contribution in [1.82, 2.24) is 9.88 Å². The number of carbonyl (C=O) groups is 1. The van der Waals surface area contributed by atoms with Crippen molar-refractivity contribution in [2.45, 2.75) is 24.4 Å². The molecule has 3 aromatic rings. The highest BCUT2D eigenvalue weighted by molar-refractivity contribution is 8.00. The summed E-state index contributed by atoms with van der Waals surface area (Å²) in [7, 11) is 2.03. The Morgan fingerprint density at radius 2 is 2.09 bits per heavy atom. The van der Waals surface area contributed by atoms with Gasteiger partial charge < -0.3 is 15.0 Å². The first-order chi connectivity index (χ1) is 16.2. The van der Waals surface area contributed by atoms with Gasteiger partial charge in [-0.3, -0.25) is 4.79 Å². The largest absolute Gasteiger partial charge is 0.573 e. The summed E-state index contributed by atoms with van der Waals surface area (Å²) in [6, 6.07) is 9.16. The van der Waals surface area contributed by atoms with Crippen molar-refractivity contribution in [3.63, 3.8) is 0 Å². The summed E-state index contributed by atoms with van der Waals surface area (Å²) in [6.07, 6.45) is -4.03. The Bertz CT molecular complexity index is 1220. The summed E-state index contributed by atoms with van der Waals surface area (Å²) < 4.78 is 40.7. The van der Waals surface area contributed by atoms with E-state index in [1.807, 2.05) is 23.9 Å². The van der Waals surface area contributed by atoms with Crippen LogP contribution in [-0.2, 0) is 17.8 Å². The van der Waals surface area contributed by atoms with Gasteiger partial charge >= 0.3 is 6.36 Å². The average molecular weight is 505 g/mol. The van der Waals surface area contributed by atoms with E-state index in [-0.39, 0.29) is 17.4 Å². The SMILES string of the molecule is CN1CCc2nc(SCC(=O)Nc3ccc(OC(F)(F)F)cc3)c(C#N)c(-c3ccsc3)c2C1. The summed E-state index contributed by atoms with van der Waals surface area (Å²) >= 11 is 2.71. The second-order valence-electron chi connectivity index (χ2n) is 7.61. The molecule has 11 heteroatoms. The molecule has 2 aromatic heterocycles. The molecule has 1 aromatic carbocycles. The number of hydrogen-bond donors (Lipinski definition) is 1. The number of thioether (sulfide) groups is 1. The summed E-state index contributed by atoms with van der Waals surface area (Å²) in [5.74, 6) is -0.748. The molecular weight excluding hydrogens is 485 g/mol. The number of carbonyl (C=O) groups excluding carboxylic acids is 1. The number of alkyl halides is 3. The second kappa shape index (κ2) is 10.0. The Morgan fingerprint density at radius 3 is 2.74 bits per heavy atom. The van der Waals surface area contributed by atoms with Crippen molar-refractivity contribution in [3.8, 4) is 22.9 Å². The van der Waals surface area contributed by atoms with Crippen LogP contribution in [0.15, 0.2) is 46.1 Å². The first-order valence-corrected chi connectivity index (χ1v) is 12.1. The van der Waals surface area contributed by atoms with Crippen molar-refractivity contribution in [2.75, 3.05) is 24.7 Å². The van der Waals surface area contributed by atoms with Gasteiger partial charge in [0.05, 0.1) is 11.3 Å². The molecule has 3 heterocycles. The molecule has 4 rings (SSSR count). The Kier molecular flexibility index (Phi) is 7.11. The maximum Gasteiger partial charge on any atom is 0.573 e. The Hall–Kier alpha value is -3.07. The zero-order valence-corrected chi connectivity index (χ0v) is 19.6. The van der Waals surface area contributed by atoms with Gasteiger partial charge in [-0.25, -0.2) is 4.98 Å². The van der Waals surface area contributed by atoms with E-state index in [1.54, 1.807) is 11.3 Å². The van der Waals surface area contributed by atoms with E-state index in [4.69, 9.17) is 4.98 Å². The number of nitrogens with zero attached hydrogens (tertiary/aromatic N) is 3. The van der Waals surface area contributed by atoms with Crippen molar-refractivity contribution in [1.29, 1.82) is 5.26 Å². The highest BCUT2D eigenvalue weighted by Gasteiger charge is 2.31. The van der Waals surface area contributed by atoms with Crippen LogP contribution in [0.3, 0.4) is 0 Å². The normalized spacial score (nSPS) is 13.7. The molecule has 176 valence electrons. The van der Waals surface area contributed by atoms with Crippen LogP contribution in [0.4, 0.5) is 18.9 Å². The van der Waals surface area contributed by atoms with Crippen LogP contribution in [0.2, 0.25) is 0 Å². The number of thiophene rings is 1. The van der Waals surface area contributed by atoms with Crippen LogP contribution < -0.4 is 10.1 Å². The van der Waals surface area contributed by atoms with Crippen molar-refractivity contribution in [2.24, 2.45) is 0 Å². The van der Waals surface area contributed by atoms with Crippen molar-refractivity contribution < 1.29 is 22.7 Å². The van der Waals surface area contributed by atoms with E-state index in [0.29, 0.717) is 22.8 Å². The maximum atomic E-state index is 12.5. The van der Waals surface area contributed by atoms with Gasteiger partial charge in [0, 0.05) is 36.5 Å². The van der Waals surface area contributed by atoms with Gasteiger partial charge in [-0.1, -0.05) is 11.8 Å². The van der Waals surface area contributed by atoms with Crippen LogP contribution in [0.25, 0.3) is 11.1 Å². The number of ether oxygens (including phenoxy) is 1. The summed E-state index contributed by atoms with van der Waals surface area (Å²) in [4.78, 5) is 19.4. The van der Waals surface area contributed by atoms with Crippen molar-refractivity contribution in [3.05, 3.63) is 57.9 Å². The zero-order chi connectivity index (χ0) is 24.3. The molecule has 0 radical (unpaired) electrons. The number of anilines is 1. The van der Waals surface area contributed by atoms with Gasteiger partial charge in [0.15, 0.2) is 0 Å². The number of nitrogens with one attached hydrogen (secondary N) is 1. The molecular formula is C23H19F3N4O2S2. The van der Waals surface area contributed by atoms with E-state index in [1.165, 1.54) is 23.9 Å². The smallest absolute Gasteiger partial charge is 0.406 e. The number of amides is 1. The second-order valence-corrected chi connectivity index (χ2v) is 9.36. The number of aromatic nitrogens is 1. The van der Waals surface area contributed by atoms with Gasteiger partial charge in [-0.2, -0.15) is 16.6 Å². The highest BCUT2D eigenvalue weighted by Crippen LogP contribution is 2.38. The molecule has 1 N–H and O–H groups in total. The maximum absolute atomic E-state index is 12.5. The third-order valence-electron chi connectivity index (χ3n) is 5.14. The Labute approximate surface area is 202 Å². The van der Waals surface area contributed by atoms with Crippen LogP contribution >= 0.6 is 23.1 Å². The molecule has 0 unspecified atom stereocenters. The monoisotopic (exact) mass is 504 g/mol. The number of rotatable bonds is 6. The molecule has 0 fully saturated rings. The lowest BCUT2D eigenvalue weighted by molar-refractivity contribution is -0.274. The molecule has 0 bridgehead atoms. The zero-order valence-electron chi connectivity index (χ0n) is 18.0. The van der Waals surface area contributed by atoms with E-state index >= 15 is 0 Å². The fraction of sp³-hybridized carbons (Fsp3) is 0.261. The number of hydrogen-bond acceptors (Lipinski definition) is 7. The number of halogens is 3. The Balaban J connectivity index is 1.51. The van der Waals surface area contributed by atoms with E-state index < -0.39 is 6.36 Å². The molecule has 6 nitrogen and oxygen atoms in total. The van der Waals surface area contributed by atoms with E-state index in [2.05, 4.69) is 21.0 Å². The third kappa shape index (κ3) is 5.70. The van der Waals surface area contributed by atoms with Gasteiger partial charge in [0.1, 0.15) is 16.8 Å². The summed E-state index contributed by atoms with van der Waals surface area (Å²) in [5, 5.41) is 17.1. The van der Waals surface area contributed by atoms with Gasteiger partial charge in [-0.15, -0.1) is 13.2 Å². The topological polar surface area (TPSA) is 78.2 Å².